The fraction of sp³-hybridized carbons (Fsp3) is 0.348. The summed E-state index contributed by atoms with van der Waals surface area (Å²) in [4.78, 5) is 39.7. The summed E-state index contributed by atoms with van der Waals surface area (Å²) in [5, 5.41) is 8.39. The fourth-order valence-corrected chi connectivity index (χ4v) is 4.17. The molecule has 2 aliphatic rings. The van der Waals surface area contributed by atoms with Gasteiger partial charge in [-0.3, -0.25) is 9.59 Å². The zero-order valence-electron chi connectivity index (χ0n) is 17.7. The summed E-state index contributed by atoms with van der Waals surface area (Å²) in [7, 11) is 0. The molecule has 0 bridgehead atoms. The van der Waals surface area contributed by atoms with Crippen LogP contribution in [0.1, 0.15) is 37.0 Å². The number of anilines is 1. The van der Waals surface area contributed by atoms with Crippen molar-refractivity contribution in [3.8, 4) is 11.1 Å². The normalized spacial score (nSPS) is 20.2. The number of nitrogens with zero attached hydrogens (tertiary/aromatic N) is 1. The van der Waals surface area contributed by atoms with Crippen molar-refractivity contribution in [2.24, 2.45) is 0 Å². The molecule has 32 heavy (non-hydrogen) atoms. The van der Waals surface area contributed by atoms with Crippen LogP contribution in [0.3, 0.4) is 0 Å². The number of hydrogen-bond donors (Lipinski definition) is 3. The number of carbonyl (C=O) groups is 3. The molecule has 2 aliphatic heterocycles. The Morgan fingerprint density at radius 2 is 1.91 bits per heavy atom. The van der Waals surface area contributed by atoms with Gasteiger partial charge in [0, 0.05) is 30.3 Å². The van der Waals surface area contributed by atoms with E-state index in [-0.39, 0.29) is 54.0 Å². The van der Waals surface area contributed by atoms with Crippen LogP contribution in [0.4, 0.5) is 19.3 Å². The molecule has 7 nitrogen and oxygen atoms in total. The summed E-state index contributed by atoms with van der Waals surface area (Å²) in [5.74, 6) is -2.11. The van der Waals surface area contributed by atoms with Crippen LogP contribution in [0.2, 0.25) is 0 Å². The minimum atomic E-state index is -0.737. The molecular weight excluding hydrogens is 418 g/mol. The first kappa shape index (κ1) is 21.7. The summed E-state index contributed by atoms with van der Waals surface area (Å²) in [6.45, 7) is 3.99. The standard InChI is InChI=1S/C23H24F2N4O3/c1-12(2)26-23(32)27-15-7-8-29-20(11-15)21(30)28-19-6-3-13(9-17(19)22(29)31)16-5-4-14(24)10-18(16)25/h3-6,9-10,12,15,20H,7-8,11H2,1-2H3,(H,28,30)(H2,26,27,32)/t15-,20-/m0/s1. The lowest BCUT2D eigenvalue weighted by atomic mass is 9.96. The van der Waals surface area contributed by atoms with Crippen molar-refractivity contribution in [3.05, 3.63) is 53.6 Å². The van der Waals surface area contributed by atoms with Gasteiger partial charge in [-0.15, -0.1) is 0 Å². The Bertz CT molecular complexity index is 1090. The van der Waals surface area contributed by atoms with Crippen molar-refractivity contribution in [2.75, 3.05) is 11.9 Å². The minimum Gasteiger partial charge on any atom is -0.336 e. The number of urea groups is 1. The van der Waals surface area contributed by atoms with E-state index in [4.69, 9.17) is 0 Å². The topological polar surface area (TPSA) is 90.5 Å². The third-order valence-electron chi connectivity index (χ3n) is 5.67. The third kappa shape index (κ3) is 4.28. The maximum Gasteiger partial charge on any atom is 0.315 e. The average Bonchev–Trinajstić information content (AvgIpc) is 2.82. The van der Waals surface area contributed by atoms with E-state index in [9.17, 15) is 23.2 Å². The Kier molecular flexibility index (Phi) is 5.82. The third-order valence-corrected chi connectivity index (χ3v) is 5.67. The molecule has 0 saturated carbocycles. The number of benzene rings is 2. The van der Waals surface area contributed by atoms with Gasteiger partial charge in [0.2, 0.25) is 5.91 Å². The summed E-state index contributed by atoms with van der Waals surface area (Å²) in [6, 6.07) is 6.57. The number of rotatable bonds is 3. The molecule has 0 spiro atoms. The van der Waals surface area contributed by atoms with E-state index >= 15 is 0 Å². The van der Waals surface area contributed by atoms with Gasteiger partial charge in [-0.05, 0) is 56.5 Å². The molecule has 1 fully saturated rings. The minimum absolute atomic E-state index is 0.0208. The second-order valence-electron chi connectivity index (χ2n) is 8.38. The van der Waals surface area contributed by atoms with Crippen LogP contribution in [0.5, 0.6) is 0 Å². The van der Waals surface area contributed by atoms with E-state index in [1.54, 1.807) is 12.1 Å². The molecular formula is C23H24F2N4O3. The number of nitrogens with one attached hydrogen (secondary N) is 3. The molecule has 0 aliphatic carbocycles. The Hall–Kier alpha value is -3.49. The zero-order valence-corrected chi connectivity index (χ0v) is 17.7. The SMILES string of the molecule is CC(C)NC(=O)N[C@H]1CCN2C(=O)c3cc(-c4ccc(F)cc4F)ccc3NC(=O)[C@@H]2C1. The summed E-state index contributed by atoms with van der Waals surface area (Å²) in [6.07, 6.45) is 0.791. The molecule has 2 aromatic rings. The molecule has 168 valence electrons. The van der Waals surface area contributed by atoms with Crippen LogP contribution in [0, 0.1) is 11.6 Å². The fourth-order valence-electron chi connectivity index (χ4n) is 4.17. The Morgan fingerprint density at radius 1 is 1.12 bits per heavy atom. The lowest BCUT2D eigenvalue weighted by Crippen LogP contribution is -2.56. The number of fused-ring (bicyclic) bond motifs is 2. The Labute approximate surface area is 184 Å². The lowest BCUT2D eigenvalue weighted by molar-refractivity contribution is -0.121. The van der Waals surface area contributed by atoms with Crippen LogP contribution in [-0.2, 0) is 4.79 Å². The van der Waals surface area contributed by atoms with Gasteiger partial charge in [0.15, 0.2) is 0 Å². The number of piperidine rings is 1. The first-order chi connectivity index (χ1) is 15.2. The predicted molar refractivity (Wildman–Crippen MR) is 115 cm³/mol. The molecule has 4 amide bonds. The molecule has 9 heteroatoms. The van der Waals surface area contributed by atoms with Gasteiger partial charge in [-0.25, -0.2) is 13.6 Å². The zero-order chi connectivity index (χ0) is 23.0. The monoisotopic (exact) mass is 442 g/mol. The van der Waals surface area contributed by atoms with E-state index in [0.29, 0.717) is 17.7 Å². The van der Waals surface area contributed by atoms with Crippen LogP contribution in [0.15, 0.2) is 36.4 Å². The largest absolute Gasteiger partial charge is 0.336 e. The molecule has 4 rings (SSSR count). The number of halogens is 2. The van der Waals surface area contributed by atoms with Crippen molar-refractivity contribution in [1.82, 2.24) is 15.5 Å². The van der Waals surface area contributed by atoms with Gasteiger partial charge in [0.1, 0.15) is 17.7 Å². The second kappa shape index (κ2) is 8.57. The molecule has 2 atom stereocenters. The summed E-state index contributed by atoms with van der Waals surface area (Å²) in [5.41, 5.74) is 1.14. The highest BCUT2D eigenvalue weighted by molar-refractivity contribution is 6.10. The van der Waals surface area contributed by atoms with Crippen LogP contribution >= 0.6 is 0 Å². The number of hydrogen-bond acceptors (Lipinski definition) is 3. The van der Waals surface area contributed by atoms with Gasteiger partial charge in [0.25, 0.3) is 5.91 Å². The van der Waals surface area contributed by atoms with Crippen molar-refractivity contribution < 1.29 is 23.2 Å². The van der Waals surface area contributed by atoms with Crippen molar-refractivity contribution in [1.29, 1.82) is 0 Å². The van der Waals surface area contributed by atoms with E-state index in [0.717, 1.165) is 12.1 Å². The molecule has 0 radical (unpaired) electrons. The second-order valence-corrected chi connectivity index (χ2v) is 8.38. The van der Waals surface area contributed by atoms with Crippen LogP contribution in [0.25, 0.3) is 11.1 Å². The van der Waals surface area contributed by atoms with Gasteiger partial charge in [-0.1, -0.05) is 6.07 Å². The first-order valence-electron chi connectivity index (χ1n) is 10.5. The van der Waals surface area contributed by atoms with Gasteiger partial charge < -0.3 is 20.9 Å². The smallest absolute Gasteiger partial charge is 0.315 e. The molecule has 2 heterocycles. The van der Waals surface area contributed by atoms with Crippen molar-refractivity contribution in [3.63, 3.8) is 0 Å². The first-order valence-corrected chi connectivity index (χ1v) is 10.5. The van der Waals surface area contributed by atoms with Crippen molar-refractivity contribution in [2.45, 2.75) is 44.8 Å². The van der Waals surface area contributed by atoms with Gasteiger partial charge in [-0.2, -0.15) is 0 Å². The summed E-state index contributed by atoms with van der Waals surface area (Å²) < 4.78 is 27.5. The number of carbonyl (C=O) groups excluding carboxylic acids is 3. The molecule has 1 saturated heterocycles. The van der Waals surface area contributed by atoms with E-state index in [1.165, 1.54) is 17.0 Å². The molecule has 0 aromatic heterocycles. The maximum atomic E-state index is 14.3. The predicted octanol–water partition coefficient (Wildman–Crippen LogP) is 3.26. The van der Waals surface area contributed by atoms with Crippen LogP contribution in [-0.4, -0.2) is 47.4 Å². The lowest BCUT2D eigenvalue weighted by Gasteiger charge is -2.37. The van der Waals surface area contributed by atoms with E-state index in [1.807, 2.05) is 13.8 Å². The average molecular weight is 442 g/mol. The quantitative estimate of drug-likeness (QED) is 0.682. The highest BCUT2D eigenvalue weighted by atomic mass is 19.1. The van der Waals surface area contributed by atoms with E-state index < -0.39 is 17.7 Å². The molecule has 2 aromatic carbocycles. The number of amides is 4. The molecule has 0 unspecified atom stereocenters. The van der Waals surface area contributed by atoms with Gasteiger partial charge in [0.05, 0.1) is 11.3 Å². The molecule has 3 N–H and O–H groups in total. The highest BCUT2D eigenvalue weighted by Gasteiger charge is 2.40. The van der Waals surface area contributed by atoms with Crippen LogP contribution < -0.4 is 16.0 Å². The van der Waals surface area contributed by atoms with Crippen molar-refractivity contribution >= 4 is 23.5 Å². The van der Waals surface area contributed by atoms with E-state index in [2.05, 4.69) is 16.0 Å². The summed E-state index contributed by atoms with van der Waals surface area (Å²) >= 11 is 0. The highest BCUT2D eigenvalue weighted by Crippen LogP contribution is 2.32. The van der Waals surface area contributed by atoms with Gasteiger partial charge >= 0.3 is 6.03 Å². The maximum absolute atomic E-state index is 14.3. The Balaban J connectivity index is 1.58. The Morgan fingerprint density at radius 3 is 2.62 bits per heavy atom.